The van der Waals surface area contributed by atoms with Crippen LogP contribution in [0, 0.1) is 0 Å². The van der Waals surface area contributed by atoms with Crippen LogP contribution in [0.5, 0.6) is 0 Å². The van der Waals surface area contributed by atoms with Crippen molar-refractivity contribution in [3.63, 3.8) is 0 Å². The summed E-state index contributed by atoms with van der Waals surface area (Å²) in [6.45, 7) is 0. The molecule has 0 unspecified atom stereocenters. The molecule has 0 aromatic rings. The van der Waals surface area contributed by atoms with Crippen molar-refractivity contribution < 1.29 is 115 Å². The van der Waals surface area contributed by atoms with Gasteiger partial charge in [0.1, 0.15) is 0 Å². The predicted molar refractivity (Wildman–Crippen MR) is 99.9 cm³/mol. The Hall–Kier alpha value is 2.66. The third-order valence-electron chi connectivity index (χ3n) is 0. The number of hydrogen-bond acceptors (Lipinski definition) is 6. The summed E-state index contributed by atoms with van der Waals surface area (Å²) >= 11 is 0. The fraction of sp³-hybridized carbons (Fsp3) is 0. The zero-order valence-electron chi connectivity index (χ0n) is 13.2. The Bertz CT molecular complexity index is 465. The minimum atomic E-state index is -4.64. The van der Waals surface area contributed by atoms with Crippen molar-refractivity contribution in [2.45, 2.75) is 0 Å². The Morgan fingerprint density at radius 3 is 0.219 bits per heavy atom. The molecule has 32 heavy (non-hydrogen) atoms. The molecule has 0 saturated carbocycles. The Kier molecular flexibility index (Phi) is 41.5. The van der Waals surface area contributed by atoms with Gasteiger partial charge in [0.25, 0.3) is 0 Å². The van der Waals surface area contributed by atoms with Crippen LogP contribution in [0.25, 0.3) is 0 Å². The summed E-state index contributed by atoms with van der Waals surface area (Å²) in [7, 11) is -27.8. The summed E-state index contributed by atoms with van der Waals surface area (Å²) in [4.78, 5) is 129. The predicted octanol–water partition coefficient (Wildman–Crippen LogP) is -6.87. The molecule has 196 valence electrons. The van der Waals surface area contributed by atoms with E-state index < -0.39 is 46.9 Å². The average Bonchev–Trinajstić information content (AvgIpc) is 1.94. The van der Waals surface area contributed by atoms with Crippen molar-refractivity contribution in [3.8, 4) is 0 Å². The van der Waals surface area contributed by atoms with E-state index in [2.05, 4.69) is 0 Å². The Balaban J connectivity index is -0.0000000356. The molecule has 0 atom stereocenters. The van der Waals surface area contributed by atoms with Crippen molar-refractivity contribution in [3.05, 3.63) is 0 Å². The molecule has 0 aliphatic rings. The molecule has 0 aliphatic heterocycles. The summed E-state index contributed by atoms with van der Waals surface area (Å²) < 4.78 is 53.3. The molecular formula is H20Na2O24P6. The van der Waals surface area contributed by atoms with E-state index in [0.29, 0.717) is 0 Å². The van der Waals surface area contributed by atoms with Crippen molar-refractivity contribution in [2.24, 2.45) is 0 Å². The van der Waals surface area contributed by atoms with E-state index in [9.17, 15) is 0 Å². The first-order valence-electron chi connectivity index (χ1n) is 4.70. The van der Waals surface area contributed by atoms with Gasteiger partial charge in [-0.05, 0) is 0 Å². The Labute approximate surface area is 220 Å². The maximum atomic E-state index is 8.88. The van der Waals surface area contributed by atoms with Crippen LogP contribution in [0.4, 0.5) is 0 Å². The normalized spacial score (nSPS) is 11.1. The molecule has 0 fully saturated rings. The molecule has 0 spiro atoms. The number of phosphoric acid groups is 6. The average molecular weight is 636 g/mol. The van der Waals surface area contributed by atoms with Gasteiger partial charge in [-0.1, -0.05) is 0 Å². The van der Waals surface area contributed by atoms with E-state index in [1.54, 1.807) is 0 Å². The molecular weight excluding hydrogens is 616 g/mol. The van der Waals surface area contributed by atoms with Gasteiger partial charge in [0.05, 0.1) is 0 Å². The minimum absolute atomic E-state index is 0. The van der Waals surface area contributed by atoms with Gasteiger partial charge in [0.15, 0.2) is 0 Å². The molecule has 0 aliphatic carbocycles. The van der Waals surface area contributed by atoms with Gasteiger partial charge in [-0.15, -0.1) is 0 Å². The van der Waals surface area contributed by atoms with Gasteiger partial charge in [-0.3, -0.25) is 0 Å². The van der Waals surface area contributed by atoms with E-state index in [1.807, 2.05) is 0 Å². The van der Waals surface area contributed by atoms with Gasteiger partial charge in [-0.25, -0.2) is 27.4 Å². The van der Waals surface area contributed by atoms with Gasteiger partial charge >= 0.3 is 106 Å². The summed E-state index contributed by atoms with van der Waals surface area (Å²) in [5, 5.41) is 0. The van der Waals surface area contributed by atoms with Gasteiger partial charge < -0.3 is 88.1 Å². The molecule has 0 aromatic carbocycles. The summed E-state index contributed by atoms with van der Waals surface area (Å²) in [5.74, 6) is 0. The molecule has 0 amide bonds. The standard InChI is InChI=1S/2Na.6H3O4P.2H/c;;6*1-5(2,3)4;;/h;;6*(H3,1,2,3,4);;. The molecule has 24 nitrogen and oxygen atoms in total. The molecule has 0 aromatic heterocycles. The molecule has 0 saturated heterocycles. The van der Waals surface area contributed by atoms with Crippen LogP contribution in [-0.4, -0.2) is 147 Å². The maximum absolute atomic E-state index is 8.88. The quantitative estimate of drug-likeness (QED) is 0.0867. The van der Waals surface area contributed by atoms with Crippen LogP contribution in [0.3, 0.4) is 0 Å². The molecule has 0 rings (SSSR count). The molecule has 0 radical (unpaired) electrons. The van der Waals surface area contributed by atoms with Crippen LogP contribution in [0.2, 0.25) is 0 Å². The molecule has 0 bridgehead atoms. The van der Waals surface area contributed by atoms with Gasteiger partial charge in [0, 0.05) is 0 Å². The van der Waals surface area contributed by atoms with Crippen molar-refractivity contribution in [1.82, 2.24) is 0 Å². The van der Waals surface area contributed by atoms with Gasteiger partial charge in [-0.2, -0.15) is 0 Å². The van der Waals surface area contributed by atoms with E-state index in [-0.39, 0.29) is 59.1 Å². The third-order valence-corrected chi connectivity index (χ3v) is 0. The zero-order valence-corrected chi connectivity index (χ0v) is 18.5. The zero-order chi connectivity index (χ0) is 27.0. The van der Waals surface area contributed by atoms with Crippen LogP contribution >= 0.6 is 46.9 Å². The Morgan fingerprint density at radius 2 is 0.219 bits per heavy atom. The second-order valence-electron chi connectivity index (χ2n) is 3.08. The first-order chi connectivity index (χ1) is 12.0. The van der Waals surface area contributed by atoms with Gasteiger partial charge in [0.2, 0.25) is 0 Å². The Morgan fingerprint density at radius 1 is 0.219 bits per heavy atom. The topological polar surface area (TPSA) is 467 Å². The van der Waals surface area contributed by atoms with Crippen LogP contribution < -0.4 is 0 Å². The second kappa shape index (κ2) is 24.0. The van der Waals surface area contributed by atoms with E-state index >= 15 is 0 Å². The fourth-order valence-electron chi connectivity index (χ4n) is 0. The van der Waals surface area contributed by atoms with Crippen LogP contribution in [0.1, 0.15) is 0 Å². The molecule has 0 heterocycles. The number of hydrogen-bond donors (Lipinski definition) is 18. The fourth-order valence-corrected chi connectivity index (χ4v) is 0. The van der Waals surface area contributed by atoms with Crippen LogP contribution in [-0.2, 0) is 27.4 Å². The summed E-state index contributed by atoms with van der Waals surface area (Å²) in [6, 6.07) is 0. The van der Waals surface area contributed by atoms with Crippen molar-refractivity contribution in [2.75, 3.05) is 0 Å². The van der Waals surface area contributed by atoms with E-state index in [1.165, 1.54) is 0 Å². The van der Waals surface area contributed by atoms with E-state index in [0.717, 1.165) is 0 Å². The van der Waals surface area contributed by atoms with Crippen LogP contribution in [0.15, 0.2) is 0 Å². The van der Waals surface area contributed by atoms with Crippen molar-refractivity contribution in [1.29, 1.82) is 0 Å². The second-order valence-corrected chi connectivity index (χ2v) is 9.24. The third kappa shape index (κ3) is 4630. The van der Waals surface area contributed by atoms with E-state index in [4.69, 9.17) is 115 Å². The molecule has 18 N–H and O–H groups in total. The monoisotopic (exact) mass is 636 g/mol. The SMILES string of the molecule is O=P(O)(O)O.O=P(O)(O)O.O=P(O)(O)O.O=P(O)(O)O.O=P(O)(O)O.O=P(O)(O)O.[NaH].[NaH]. The molecule has 32 heteroatoms. The first kappa shape index (κ1) is 55.3. The summed E-state index contributed by atoms with van der Waals surface area (Å²) in [6.07, 6.45) is 0. The summed E-state index contributed by atoms with van der Waals surface area (Å²) in [5.41, 5.74) is 0. The van der Waals surface area contributed by atoms with Crippen molar-refractivity contribution >= 4 is 106 Å². The number of rotatable bonds is 0. The first-order valence-corrected chi connectivity index (χ1v) is 14.1.